The number of nitrogens with zero attached hydrogens (tertiary/aromatic N) is 5. The number of aromatic nitrogens is 3. The Morgan fingerprint density at radius 1 is 1.03 bits per heavy atom. The zero-order valence-corrected chi connectivity index (χ0v) is 40.0. The summed E-state index contributed by atoms with van der Waals surface area (Å²) in [4.78, 5) is 31.5. The Labute approximate surface area is 384 Å². The second-order valence-electron chi connectivity index (χ2n) is 17.3. The number of cyclic esters (lactones) is 1. The van der Waals surface area contributed by atoms with Gasteiger partial charge in [-0.05, 0) is 117 Å². The van der Waals surface area contributed by atoms with E-state index in [2.05, 4.69) is 62.1 Å². The number of aliphatic hydroxyl groups excluding tert-OH is 4. The topological polar surface area (TPSA) is 180 Å². The first-order chi connectivity index (χ1) is 29.6. The van der Waals surface area contributed by atoms with Crippen LogP contribution < -0.4 is 0 Å². The first-order valence-corrected chi connectivity index (χ1v) is 23.7. The van der Waals surface area contributed by atoms with Crippen LogP contribution in [-0.4, -0.2) is 140 Å². The highest BCUT2D eigenvalue weighted by Gasteiger charge is 2.47. The number of halogens is 1. The predicted octanol–water partition coefficient (Wildman–Crippen LogP) is 5.33. The lowest BCUT2D eigenvalue weighted by atomic mass is 9.79. The molecule has 2 unspecified atom stereocenters. The molecule has 4 N–H and O–H groups in total. The molecule has 0 saturated carbocycles. The van der Waals surface area contributed by atoms with Crippen LogP contribution in [0.4, 0.5) is 0 Å². The molecular formula is C46H66IN5O9S. The summed E-state index contributed by atoms with van der Waals surface area (Å²) < 4.78 is 21.9. The van der Waals surface area contributed by atoms with Gasteiger partial charge in [-0.15, -0.1) is 5.10 Å². The summed E-state index contributed by atoms with van der Waals surface area (Å²) in [6.07, 6.45) is 1.15. The van der Waals surface area contributed by atoms with Gasteiger partial charge in [0.1, 0.15) is 17.9 Å². The number of benzene rings is 1. The fourth-order valence-electron chi connectivity index (χ4n) is 8.52. The van der Waals surface area contributed by atoms with Crippen molar-refractivity contribution in [3.63, 3.8) is 0 Å². The van der Waals surface area contributed by atoms with Gasteiger partial charge in [-0.2, -0.15) is 11.3 Å². The number of ketones is 1. The molecule has 1 saturated heterocycles. The maximum Gasteiger partial charge on any atom is 0.308 e. The van der Waals surface area contributed by atoms with Gasteiger partial charge in [-0.3, -0.25) is 19.2 Å². The van der Waals surface area contributed by atoms with E-state index < -0.39 is 72.7 Å². The third-order valence-corrected chi connectivity index (χ3v) is 13.7. The highest BCUT2D eigenvalue weighted by Crippen LogP contribution is 2.35. The van der Waals surface area contributed by atoms with Gasteiger partial charge in [0.05, 0.1) is 56.2 Å². The van der Waals surface area contributed by atoms with E-state index in [4.69, 9.17) is 14.2 Å². The highest BCUT2D eigenvalue weighted by molar-refractivity contribution is 14.1. The number of hydrogen-bond donors (Lipinski definition) is 4. The van der Waals surface area contributed by atoms with Crippen LogP contribution in [0.1, 0.15) is 65.9 Å². The molecule has 2 aliphatic heterocycles. The van der Waals surface area contributed by atoms with E-state index in [0.717, 1.165) is 26.0 Å². The lowest BCUT2D eigenvalue weighted by Gasteiger charge is -2.46. The van der Waals surface area contributed by atoms with Crippen LogP contribution in [-0.2, 0) is 36.9 Å². The Hall–Kier alpha value is -2.91. The van der Waals surface area contributed by atoms with Crippen molar-refractivity contribution in [1.82, 2.24) is 24.8 Å². The fourth-order valence-corrected chi connectivity index (χ4v) is 9.53. The van der Waals surface area contributed by atoms with Crippen LogP contribution in [0.25, 0.3) is 11.3 Å². The smallest absolute Gasteiger partial charge is 0.308 e. The zero-order chi connectivity index (χ0) is 45.1. The SMILES string of the molecule is CC[C@H]1OC(=O)C[C@@H](O)[C@H](C)[C@@H](O[C@@H]2O[C@H](C)[C@@H](O)C(N(C)C)C2O)[C@@H](CCN(CCn2cc(-c3ccsc3)nn2)Cc2ccc(I)cc2)C[C@@H](C)C(=O)/C=C/C(C)=C/[C@@H]1CO. The van der Waals surface area contributed by atoms with Crippen LogP contribution in [0.2, 0.25) is 0 Å². The molecule has 5 rings (SSSR count). The summed E-state index contributed by atoms with van der Waals surface area (Å²) in [6.45, 7) is 11.2. The summed E-state index contributed by atoms with van der Waals surface area (Å²) in [5, 5.41) is 57.8. The number of ether oxygens (including phenoxy) is 3. The number of rotatable bonds is 14. The summed E-state index contributed by atoms with van der Waals surface area (Å²) in [6, 6.07) is 9.70. The summed E-state index contributed by atoms with van der Waals surface area (Å²) in [7, 11) is 3.54. The average Bonchev–Trinajstić information content (AvgIpc) is 3.96. The van der Waals surface area contributed by atoms with Crippen LogP contribution in [0.3, 0.4) is 0 Å². The third-order valence-electron chi connectivity index (χ3n) is 12.3. The van der Waals surface area contributed by atoms with Gasteiger partial charge >= 0.3 is 5.97 Å². The van der Waals surface area contributed by atoms with E-state index in [0.29, 0.717) is 45.4 Å². The second kappa shape index (κ2) is 23.9. The first-order valence-electron chi connectivity index (χ1n) is 21.7. The van der Waals surface area contributed by atoms with Crippen LogP contribution in [0.5, 0.6) is 0 Å². The molecule has 62 heavy (non-hydrogen) atoms. The van der Waals surface area contributed by atoms with Crippen molar-refractivity contribution >= 4 is 45.7 Å². The molecule has 16 heteroatoms. The van der Waals surface area contributed by atoms with E-state index in [-0.39, 0.29) is 24.7 Å². The van der Waals surface area contributed by atoms with Gasteiger partial charge in [0.2, 0.25) is 0 Å². The van der Waals surface area contributed by atoms with Crippen molar-refractivity contribution in [3.8, 4) is 11.3 Å². The first kappa shape index (κ1) is 50.1. The van der Waals surface area contributed by atoms with Crippen molar-refractivity contribution in [2.45, 2.75) is 122 Å². The highest BCUT2D eigenvalue weighted by atomic mass is 127. The van der Waals surface area contributed by atoms with Crippen molar-refractivity contribution in [3.05, 3.63) is 80.2 Å². The Balaban J connectivity index is 1.51. The van der Waals surface area contributed by atoms with E-state index >= 15 is 0 Å². The van der Waals surface area contributed by atoms with Crippen LogP contribution in [0.15, 0.2) is 71.1 Å². The molecule has 1 aromatic carbocycles. The van der Waals surface area contributed by atoms with E-state index in [1.165, 1.54) is 0 Å². The molecule has 0 bridgehead atoms. The molecule has 0 spiro atoms. The number of hydrogen-bond acceptors (Lipinski definition) is 14. The minimum absolute atomic E-state index is 0.0949. The van der Waals surface area contributed by atoms with Crippen molar-refractivity contribution in [1.29, 1.82) is 0 Å². The number of carbonyl (C=O) groups excluding carboxylic acids is 2. The molecule has 1 fully saturated rings. The van der Waals surface area contributed by atoms with E-state index in [1.807, 2.05) is 54.6 Å². The number of esters is 1. The molecule has 4 heterocycles. The van der Waals surface area contributed by atoms with E-state index in [1.54, 1.807) is 56.3 Å². The number of aliphatic hydroxyl groups is 4. The van der Waals surface area contributed by atoms with Crippen LogP contribution >= 0.6 is 33.9 Å². The fraction of sp³-hybridized carbons (Fsp3) is 0.609. The minimum Gasteiger partial charge on any atom is -0.462 e. The predicted molar refractivity (Wildman–Crippen MR) is 247 cm³/mol. The molecule has 2 aromatic heterocycles. The van der Waals surface area contributed by atoms with Crippen molar-refractivity contribution in [2.24, 2.45) is 23.7 Å². The summed E-state index contributed by atoms with van der Waals surface area (Å²) in [5.41, 5.74) is 3.70. The minimum atomic E-state index is -1.26. The van der Waals surface area contributed by atoms with Gasteiger partial charge in [0, 0.05) is 45.4 Å². The quantitative estimate of drug-likeness (QED) is 0.120. The van der Waals surface area contributed by atoms with Crippen molar-refractivity contribution in [2.75, 3.05) is 33.8 Å². The Morgan fingerprint density at radius 2 is 1.77 bits per heavy atom. The van der Waals surface area contributed by atoms with Gasteiger partial charge in [-0.25, -0.2) is 0 Å². The van der Waals surface area contributed by atoms with E-state index in [9.17, 15) is 30.0 Å². The normalized spacial score (nSPS) is 32.1. The third kappa shape index (κ3) is 13.8. The number of carbonyl (C=O) groups is 2. The largest absolute Gasteiger partial charge is 0.462 e. The number of allylic oxidation sites excluding steroid dienone is 3. The number of likely N-dealkylation sites (N-methyl/N-ethyl adjacent to an activating group) is 1. The molecule has 14 nitrogen and oxygen atoms in total. The molecule has 342 valence electrons. The molecule has 0 amide bonds. The second-order valence-corrected chi connectivity index (χ2v) is 19.3. The monoisotopic (exact) mass is 991 g/mol. The lowest BCUT2D eigenvalue weighted by molar-refractivity contribution is -0.304. The van der Waals surface area contributed by atoms with Gasteiger partial charge in [0.15, 0.2) is 12.1 Å². The maximum absolute atomic E-state index is 13.9. The maximum atomic E-state index is 13.9. The molecular weight excluding hydrogens is 926 g/mol. The summed E-state index contributed by atoms with van der Waals surface area (Å²) in [5.74, 6) is -2.79. The summed E-state index contributed by atoms with van der Waals surface area (Å²) >= 11 is 3.90. The molecule has 12 atom stereocenters. The molecule has 0 radical (unpaired) electrons. The van der Waals surface area contributed by atoms with Crippen LogP contribution in [0, 0.1) is 27.2 Å². The number of thiophene rings is 1. The molecule has 2 aliphatic rings. The lowest BCUT2D eigenvalue weighted by Crippen LogP contribution is -2.63. The Morgan fingerprint density at radius 3 is 2.44 bits per heavy atom. The van der Waals surface area contributed by atoms with Gasteiger partial charge in [0.25, 0.3) is 0 Å². The molecule has 0 aliphatic carbocycles. The zero-order valence-electron chi connectivity index (χ0n) is 37.0. The molecule has 3 aromatic rings. The van der Waals surface area contributed by atoms with Gasteiger partial charge in [-0.1, -0.05) is 55.8 Å². The van der Waals surface area contributed by atoms with Crippen molar-refractivity contribution < 1.29 is 44.2 Å². The standard InChI is InChI=1S/C46H66IN5O9S/c1-8-40-35(26-53)21-28(2)9-14-38(54)29(3)22-33(45(30(4)39(55)23-41(56)60-40)61-46-44(58)42(50(6)7)43(57)31(5)59-46)15-17-51(24-32-10-12-36(47)13-11-32)18-19-52-25-37(48-49-52)34-16-20-62-27-34/h9-14,16,20-21,25,27,29-31,33,35,39-40,42-46,53,55,57-58H,8,15,17-19,22-24,26H2,1-7H3/b14-9+,28-21+/t29-,30+,31-,33+,35-,39-,40-,42?,43-,44?,45-,46+/m1/s1. The Bertz CT molecular complexity index is 1910. The Kier molecular flexibility index (Phi) is 19.3. The average molecular weight is 992 g/mol. The van der Waals surface area contributed by atoms with Gasteiger partial charge < -0.3 is 39.5 Å².